The quantitative estimate of drug-likeness (QED) is 0.484. The number of nitrogens with zero attached hydrogens (tertiary/aromatic N) is 2. The van der Waals surface area contributed by atoms with Gasteiger partial charge >= 0.3 is 0 Å². The van der Waals surface area contributed by atoms with Crippen molar-refractivity contribution in [3.8, 4) is 16.3 Å². The predicted octanol–water partition coefficient (Wildman–Crippen LogP) is 5.65. The van der Waals surface area contributed by atoms with Crippen molar-refractivity contribution in [2.45, 2.75) is 0 Å². The van der Waals surface area contributed by atoms with E-state index in [0.717, 1.165) is 10.6 Å². The van der Waals surface area contributed by atoms with E-state index in [1.54, 1.807) is 16.9 Å². The fourth-order valence-electron chi connectivity index (χ4n) is 2.61. The zero-order valence-electron chi connectivity index (χ0n) is 13.9. The lowest BCUT2D eigenvalue weighted by Gasteiger charge is -2.04. The van der Waals surface area contributed by atoms with Crippen molar-refractivity contribution in [1.82, 2.24) is 9.78 Å². The Morgan fingerprint density at radius 3 is 2.44 bits per heavy atom. The third-order valence-corrected chi connectivity index (χ3v) is 5.13. The highest BCUT2D eigenvalue weighted by molar-refractivity contribution is 7.19. The molecule has 0 bridgehead atoms. The highest BCUT2D eigenvalue weighted by Gasteiger charge is 2.20. The van der Waals surface area contributed by atoms with Crippen LogP contribution in [0.3, 0.4) is 0 Å². The summed E-state index contributed by atoms with van der Waals surface area (Å²) in [6.45, 7) is 0. The van der Waals surface area contributed by atoms with Crippen LogP contribution < -0.4 is 5.32 Å². The number of carbonyl (C=O) groups is 1. The summed E-state index contributed by atoms with van der Waals surface area (Å²) in [5.74, 6) is -0.692. The molecule has 2 aromatic carbocycles. The van der Waals surface area contributed by atoms with Crippen LogP contribution in [0.2, 0.25) is 4.34 Å². The van der Waals surface area contributed by atoms with Gasteiger partial charge in [-0.3, -0.25) is 4.79 Å². The Hall–Kier alpha value is -2.96. The molecule has 1 N–H and O–H groups in total. The van der Waals surface area contributed by atoms with E-state index < -0.39 is 0 Å². The molecule has 0 saturated carbocycles. The number of hydrogen-bond donors (Lipinski definition) is 1. The fraction of sp³-hybridized carbons (Fsp3) is 0. The average molecular weight is 398 g/mol. The second-order valence-corrected chi connectivity index (χ2v) is 7.45. The summed E-state index contributed by atoms with van der Waals surface area (Å²) in [7, 11) is 0. The lowest BCUT2D eigenvalue weighted by Crippen LogP contribution is -2.12. The van der Waals surface area contributed by atoms with E-state index in [4.69, 9.17) is 11.6 Å². The number of nitrogens with one attached hydrogen (secondary N) is 1. The zero-order chi connectivity index (χ0) is 18.8. The maximum atomic E-state index is 13.1. The number of hydrogen-bond acceptors (Lipinski definition) is 3. The summed E-state index contributed by atoms with van der Waals surface area (Å²) in [6.07, 6.45) is 1.68. The van der Waals surface area contributed by atoms with Gasteiger partial charge in [-0.2, -0.15) is 5.10 Å². The maximum absolute atomic E-state index is 13.1. The molecule has 2 aromatic heterocycles. The molecule has 2 heterocycles. The molecule has 0 saturated heterocycles. The minimum absolute atomic E-state index is 0.330. The molecule has 0 fully saturated rings. The van der Waals surface area contributed by atoms with E-state index in [1.165, 1.54) is 35.6 Å². The molecule has 0 unspecified atom stereocenters. The number of thiophene rings is 1. The lowest BCUT2D eigenvalue weighted by atomic mass is 10.2. The summed E-state index contributed by atoms with van der Waals surface area (Å²) < 4.78 is 15.4. The standard InChI is InChI=1S/C20H13ClFN3OS/c21-18-11-10-17(27-18)19-16(12-25(24-19)15-4-2-1-3-5-15)20(26)23-14-8-6-13(22)7-9-14/h1-12H,(H,23,26). The van der Waals surface area contributed by atoms with Crippen LogP contribution in [0.1, 0.15) is 10.4 Å². The highest BCUT2D eigenvalue weighted by atomic mass is 35.5. The lowest BCUT2D eigenvalue weighted by molar-refractivity contribution is 0.102. The summed E-state index contributed by atoms with van der Waals surface area (Å²) in [6, 6.07) is 18.7. The first kappa shape index (κ1) is 17.5. The second kappa shape index (κ2) is 7.34. The van der Waals surface area contributed by atoms with Crippen molar-refractivity contribution in [2.24, 2.45) is 0 Å². The largest absolute Gasteiger partial charge is 0.322 e. The van der Waals surface area contributed by atoms with Gasteiger partial charge in [-0.05, 0) is 48.5 Å². The van der Waals surface area contributed by atoms with Crippen LogP contribution in [0.4, 0.5) is 10.1 Å². The SMILES string of the molecule is O=C(Nc1ccc(F)cc1)c1cn(-c2ccccc2)nc1-c1ccc(Cl)s1. The smallest absolute Gasteiger partial charge is 0.259 e. The van der Waals surface area contributed by atoms with Crippen LogP contribution in [0.25, 0.3) is 16.3 Å². The van der Waals surface area contributed by atoms with Gasteiger partial charge in [-0.1, -0.05) is 29.8 Å². The highest BCUT2D eigenvalue weighted by Crippen LogP contribution is 2.33. The molecule has 1 amide bonds. The van der Waals surface area contributed by atoms with Crippen LogP contribution >= 0.6 is 22.9 Å². The first-order valence-corrected chi connectivity index (χ1v) is 9.27. The van der Waals surface area contributed by atoms with Gasteiger partial charge < -0.3 is 5.32 Å². The third-order valence-electron chi connectivity index (χ3n) is 3.89. The van der Waals surface area contributed by atoms with Gasteiger partial charge in [0.2, 0.25) is 0 Å². The fourth-order valence-corrected chi connectivity index (χ4v) is 3.65. The Bertz CT molecular complexity index is 1090. The van der Waals surface area contributed by atoms with Gasteiger partial charge in [-0.15, -0.1) is 11.3 Å². The first-order valence-electron chi connectivity index (χ1n) is 8.08. The normalized spacial score (nSPS) is 10.7. The molecular formula is C20H13ClFN3OS. The molecule has 0 aliphatic rings. The number of aromatic nitrogens is 2. The minimum Gasteiger partial charge on any atom is -0.322 e. The van der Waals surface area contributed by atoms with Crippen molar-refractivity contribution < 1.29 is 9.18 Å². The van der Waals surface area contributed by atoms with Gasteiger partial charge in [-0.25, -0.2) is 9.07 Å². The van der Waals surface area contributed by atoms with Crippen LogP contribution in [0.15, 0.2) is 72.9 Å². The summed E-state index contributed by atoms with van der Waals surface area (Å²) >= 11 is 7.41. The van der Waals surface area contributed by atoms with E-state index in [-0.39, 0.29) is 11.7 Å². The van der Waals surface area contributed by atoms with E-state index in [0.29, 0.717) is 21.3 Å². The Balaban J connectivity index is 1.74. The van der Waals surface area contributed by atoms with E-state index in [2.05, 4.69) is 10.4 Å². The number of amides is 1. The second-order valence-electron chi connectivity index (χ2n) is 5.74. The summed E-state index contributed by atoms with van der Waals surface area (Å²) in [5.41, 5.74) is 2.28. The molecule has 7 heteroatoms. The van der Waals surface area contributed by atoms with Crippen molar-refractivity contribution in [3.63, 3.8) is 0 Å². The molecule has 4 nitrogen and oxygen atoms in total. The molecule has 4 aromatic rings. The van der Waals surface area contributed by atoms with E-state index in [9.17, 15) is 9.18 Å². The third kappa shape index (κ3) is 3.77. The molecule has 0 aliphatic carbocycles. The number of halogens is 2. The van der Waals surface area contributed by atoms with Crippen molar-refractivity contribution in [2.75, 3.05) is 5.32 Å². The molecule has 0 spiro atoms. The zero-order valence-corrected chi connectivity index (χ0v) is 15.5. The summed E-state index contributed by atoms with van der Waals surface area (Å²) in [4.78, 5) is 13.6. The molecular weight excluding hydrogens is 385 g/mol. The number of carbonyl (C=O) groups excluding carboxylic acids is 1. The van der Waals surface area contributed by atoms with Gasteiger partial charge in [0, 0.05) is 11.9 Å². The molecule has 27 heavy (non-hydrogen) atoms. The van der Waals surface area contributed by atoms with Crippen molar-refractivity contribution in [1.29, 1.82) is 0 Å². The number of anilines is 1. The first-order chi connectivity index (χ1) is 13.1. The average Bonchev–Trinajstić information content (AvgIpc) is 3.31. The number of para-hydroxylation sites is 1. The number of benzene rings is 2. The molecule has 0 aliphatic heterocycles. The monoisotopic (exact) mass is 397 g/mol. The minimum atomic E-state index is -0.362. The van der Waals surface area contributed by atoms with Crippen molar-refractivity contribution >= 4 is 34.5 Å². The van der Waals surface area contributed by atoms with Crippen LogP contribution in [-0.4, -0.2) is 15.7 Å². The van der Waals surface area contributed by atoms with E-state index >= 15 is 0 Å². The Labute approximate surface area is 163 Å². The topological polar surface area (TPSA) is 46.9 Å². The van der Waals surface area contributed by atoms with Gasteiger partial charge in [0.15, 0.2) is 0 Å². The Kier molecular flexibility index (Phi) is 4.75. The van der Waals surface area contributed by atoms with Crippen molar-refractivity contribution in [3.05, 3.63) is 88.6 Å². The Morgan fingerprint density at radius 1 is 1.04 bits per heavy atom. The van der Waals surface area contributed by atoms with Gasteiger partial charge in [0.1, 0.15) is 11.5 Å². The van der Waals surface area contributed by atoms with E-state index in [1.807, 2.05) is 36.4 Å². The van der Waals surface area contributed by atoms with Crippen LogP contribution in [0.5, 0.6) is 0 Å². The molecule has 134 valence electrons. The predicted molar refractivity (Wildman–Crippen MR) is 106 cm³/mol. The molecule has 4 rings (SSSR count). The molecule has 0 radical (unpaired) electrons. The summed E-state index contributed by atoms with van der Waals surface area (Å²) in [5, 5.41) is 7.37. The van der Waals surface area contributed by atoms with Crippen LogP contribution in [-0.2, 0) is 0 Å². The van der Waals surface area contributed by atoms with Gasteiger partial charge in [0.25, 0.3) is 5.91 Å². The Morgan fingerprint density at radius 2 is 1.78 bits per heavy atom. The van der Waals surface area contributed by atoms with Crippen LogP contribution in [0, 0.1) is 5.82 Å². The van der Waals surface area contributed by atoms with Gasteiger partial charge in [0.05, 0.1) is 20.5 Å². The number of rotatable bonds is 4. The maximum Gasteiger partial charge on any atom is 0.259 e. The molecule has 0 atom stereocenters.